The second kappa shape index (κ2) is 2.91. The van der Waals surface area contributed by atoms with E-state index in [1.54, 1.807) is 6.20 Å². The van der Waals surface area contributed by atoms with Gasteiger partial charge in [0, 0.05) is 13.2 Å². The van der Waals surface area contributed by atoms with E-state index in [1.165, 1.54) is 0 Å². The van der Waals surface area contributed by atoms with Crippen molar-refractivity contribution >= 4 is 27.8 Å². The Morgan fingerprint density at radius 1 is 1.75 bits per heavy atom. The number of nitrogens with one attached hydrogen (secondary N) is 1. The number of hydrogen-bond donors (Lipinski definition) is 1. The first-order valence-corrected chi connectivity index (χ1v) is 4.19. The summed E-state index contributed by atoms with van der Waals surface area (Å²) in [5.74, 6) is 0.851. The Hall–Kier alpha value is -0.810. The van der Waals surface area contributed by atoms with Crippen LogP contribution in [0.3, 0.4) is 0 Å². The van der Waals surface area contributed by atoms with Crippen LogP contribution in [0.15, 0.2) is 18.3 Å². The lowest BCUT2D eigenvalue weighted by atomic mass is 10.4. The number of halogens is 1. The fraction of sp³-hybridized carbons (Fsp3) is 0.286. The zero-order valence-electron chi connectivity index (χ0n) is 6.49. The first-order valence-electron chi connectivity index (χ1n) is 3.54. The van der Waals surface area contributed by atoms with Gasteiger partial charge in [-0.25, -0.2) is 4.98 Å². The predicted molar refractivity (Wildman–Crippen MR) is 50.1 cm³/mol. The summed E-state index contributed by atoms with van der Waals surface area (Å²) < 4.78 is 4.99. The normalized spacial score (nSPS) is 20.5. The second-order valence-corrected chi connectivity index (χ2v) is 2.94. The largest absolute Gasteiger partial charge is 0.328 e. The fourth-order valence-electron chi connectivity index (χ4n) is 1.21. The van der Waals surface area contributed by atoms with E-state index in [4.69, 9.17) is 3.83 Å². The van der Waals surface area contributed by atoms with Crippen LogP contribution in [0.25, 0.3) is 0 Å². The van der Waals surface area contributed by atoms with Crippen LogP contribution in [0.2, 0.25) is 0 Å². The van der Waals surface area contributed by atoms with Crippen LogP contribution in [0.4, 0.5) is 11.5 Å². The molecule has 1 unspecified atom stereocenters. The average molecular weight is 230 g/mol. The van der Waals surface area contributed by atoms with Crippen LogP contribution >= 0.6 is 16.3 Å². The average Bonchev–Trinajstić information content (AvgIpc) is 2.44. The van der Waals surface area contributed by atoms with Gasteiger partial charge in [0.15, 0.2) is 5.82 Å². The summed E-state index contributed by atoms with van der Waals surface area (Å²) in [7, 11) is 1.94. The molecule has 0 radical (unpaired) electrons. The van der Waals surface area contributed by atoms with Gasteiger partial charge in [-0.3, -0.25) is 3.83 Å². The molecule has 4 nitrogen and oxygen atoms in total. The third kappa shape index (κ3) is 1.05. The molecule has 1 aliphatic heterocycles. The third-order valence-corrected chi connectivity index (χ3v) is 2.22. The summed E-state index contributed by atoms with van der Waals surface area (Å²) in [6.45, 7) is 0. The van der Waals surface area contributed by atoms with Crippen molar-refractivity contribution in [2.45, 2.75) is 6.35 Å². The van der Waals surface area contributed by atoms with E-state index in [1.807, 2.05) is 24.1 Å². The lowest BCUT2D eigenvalue weighted by Gasteiger charge is -2.17. The van der Waals surface area contributed by atoms with Crippen molar-refractivity contribution in [2.75, 3.05) is 17.3 Å². The number of pyridine rings is 1. The van der Waals surface area contributed by atoms with Crippen LogP contribution in [0.5, 0.6) is 0 Å². The summed E-state index contributed by atoms with van der Waals surface area (Å²) in [4.78, 5) is 6.11. The maximum absolute atomic E-state index is 4.99. The Bertz CT molecular complexity index is 294. The molecule has 0 bridgehead atoms. The van der Waals surface area contributed by atoms with Crippen molar-refractivity contribution in [1.29, 1.82) is 0 Å². The monoisotopic (exact) mass is 229 g/mol. The Morgan fingerprint density at radius 2 is 2.58 bits per heavy atom. The molecule has 0 aromatic carbocycles. The molecule has 2 heterocycles. The molecule has 1 N–H and O–H groups in total. The SMILES string of the molecule is CN1c2cccnc2NC1OBr. The van der Waals surface area contributed by atoms with Crippen LogP contribution < -0.4 is 10.2 Å². The number of rotatable bonds is 1. The summed E-state index contributed by atoms with van der Waals surface area (Å²) in [5, 5.41) is 3.08. The van der Waals surface area contributed by atoms with Crippen molar-refractivity contribution < 1.29 is 3.83 Å². The second-order valence-electron chi connectivity index (χ2n) is 2.57. The van der Waals surface area contributed by atoms with Crippen molar-refractivity contribution in [1.82, 2.24) is 4.98 Å². The van der Waals surface area contributed by atoms with Gasteiger partial charge < -0.3 is 10.2 Å². The highest BCUT2D eigenvalue weighted by molar-refractivity contribution is 9.06. The van der Waals surface area contributed by atoms with E-state index in [0.29, 0.717) is 0 Å². The number of hydrogen-bond acceptors (Lipinski definition) is 4. The molecule has 0 amide bonds. The maximum atomic E-state index is 4.99. The quantitative estimate of drug-likeness (QED) is 0.794. The first-order chi connectivity index (χ1) is 5.83. The molecule has 5 heteroatoms. The zero-order chi connectivity index (χ0) is 8.55. The van der Waals surface area contributed by atoms with Gasteiger partial charge in [-0.15, -0.1) is 0 Å². The van der Waals surface area contributed by atoms with Gasteiger partial charge in [0.2, 0.25) is 6.35 Å². The number of anilines is 2. The van der Waals surface area contributed by atoms with Crippen molar-refractivity contribution in [3.63, 3.8) is 0 Å². The lowest BCUT2D eigenvalue weighted by Crippen LogP contribution is -2.32. The van der Waals surface area contributed by atoms with Crippen molar-refractivity contribution in [3.05, 3.63) is 18.3 Å². The zero-order valence-corrected chi connectivity index (χ0v) is 8.08. The molecular formula is C7H8BrN3O. The molecule has 1 aliphatic rings. The molecule has 1 aromatic rings. The van der Waals surface area contributed by atoms with Crippen LogP contribution in [0.1, 0.15) is 0 Å². The van der Waals surface area contributed by atoms with Crippen LogP contribution in [-0.4, -0.2) is 18.4 Å². The Morgan fingerprint density at radius 3 is 3.25 bits per heavy atom. The minimum Gasteiger partial charge on any atom is -0.328 e. The van der Waals surface area contributed by atoms with Crippen LogP contribution in [0, 0.1) is 0 Å². The van der Waals surface area contributed by atoms with Gasteiger partial charge in [0.1, 0.15) is 16.3 Å². The Kier molecular flexibility index (Phi) is 1.90. The Balaban J connectivity index is 2.35. The van der Waals surface area contributed by atoms with Gasteiger partial charge in [-0.2, -0.15) is 0 Å². The highest BCUT2D eigenvalue weighted by Gasteiger charge is 2.26. The molecule has 64 valence electrons. The molecule has 2 rings (SSSR count). The Labute approximate surface area is 79.0 Å². The topological polar surface area (TPSA) is 37.4 Å². The summed E-state index contributed by atoms with van der Waals surface area (Å²) in [5.41, 5.74) is 1.04. The van der Waals surface area contributed by atoms with Gasteiger partial charge in [0.05, 0.1) is 5.69 Å². The molecule has 0 saturated carbocycles. The summed E-state index contributed by atoms with van der Waals surface area (Å²) in [6, 6.07) is 3.88. The minimum absolute atomic E-state index is 0.171. The maximum Gasteiger partial charge on any atom is 0.221 e. The first kappa shape index (κ1) is 7.82. The van der Waals surface area contributed by atoms with E-state index < -0.39 is 0 Å². The smallest absolute Gasteiger partial charge is 0.221 e. The summed E-state index contributed by atoms with van der Waals surface area (Å²) in [6.07, 6.45) is 1.57. The molecule has 1 atom stereocenters. The van der Waals surface area contributed by atoms with E-state index in [9.17, 15) is 0 Å². The number of nitrogens with zero attached hydrogens (tertiary/aromatic N) is 2. The van der Waals surface area contributed by atoms with E-state index >= 15 is 0 Å². The van der Waals surface area contributed by atoms with Crippen LogP contribution in [-0.2, 0) is 3.83 Å². The molecule has 1 aromatic heterocycles. The molecule has 0 saturated heterocycles. The van der Waals surface area contributed by atoms with E-state index in [2.05, 4.69) is 26.6 Å². The minimum atomic E-state index is -0.171. The number of fused-ring (bicyclic) bond motifs is 1. The van der Waals surface area contributed by atoms with Crippen molar-refractivity contribution in [2.24, 2.45) is 0 Å². The van der Waals surface area contributed by atoms with Gasteiger partial charge >= 0.3 is 0 Å². The van der Waals surface area contributed by atoms with Gasteiger partial charge in [-0.05, 0) is 12.1 Å². The standard InChI is InChI=1S/C7H8BrN3O/c1-11-5-3-2-4-9-6(5)10-7(11)12-8/h2-4,7H,1H3,(H,9,10). The van der Waals surface area contributed by atoms with E-state index in [-0.39, 0.29) is 6.35 Å². The molecule has 0 fully saturated rings. The highest BCUT2D eigenvalue weighted by Crippen LogP contribution is 2.31. The third-order valence-electron chi connectivity index (χ3n) is 1.86. The van der Waals surface area contributed by atoms with Crippen molar-refractivity contribution in [3.8, 4) is 0 Å². The molecule has 0 spiro atoms. The molecule has 12 heavy (non-hydrogen) atoms. The molecular weight excluding hydrogens is 222 g/mol. The molecule has 0 aliphatic carbocycles. The number of aromatic nitrogens is 1. The fourth-order valence-corrected chi connectivity index (χ4v) is 1.56. The van der Waals surface area contributed by atoms with Gasteiger partial charge in [0.25, 0.3) is 0 Å². The summed E-state index contributed by atoms with van der Waals surface area (Å²) >= 11 is 2.94. The predicted octanol–water partition coefficient (Wildman–Crippen LogP) is 1.55. The van der Waals surface area contributed by atoms with Gasteiger partial charge in [-0.1, -0.05) is 0 Å². The lowest BCUT2D eigenvalue weighted by molar-refractivity contribution is 0.300. The highest BCUT2D eigenvalue weighted by atomic mass is 79.9. The van der Waals surface area contributed by atoms with E-state index in [0.717, 1.165) is 11.5 Å².